The van der Waals surface area contributed by atoms with Gasteiger partial charge in [-0.3, -0.25) is 0 Å². The fourth-order valence-corrected chi connectivity index (χ4v) is 2.08. The lowest BCUT2D eigenvalue weighted by atomic mass is 10.1. The van der Waals surface area contributed by atoms with Crippen molar-refractivity contribution in [2.24, 2.45) is 0 Å². The normalized spacial score (nSPS) is 11.7. The van der Waals surface area contributed by atoms with Crippen molar-refractivity contribution in [3.8, 4) is 0 Å². The zero-order valence-corrected chi connectivity index (χ0v) is 9.72. The molecule has 0 atom stereocenters. The molecular formula is C9H14N2O3S. The van der Waals surface area contributed by atoms with Gasteiger partial charge in [0.15, 0.2) is 5.69 Å². The average Bonchev–Trinajstić information content (AvgIpc) is 2.46. The molecule has 0 fully saturated rings. The molecule has 0 aliphatic carbocycles. The Hall–Kier alpha value is -1.14. The van der Waals surface area contributed by atoms with Crippen molar-refractivity contribution in [1.82, 2.24) is 4.98 Å². The number of carboxylic acid groups (broad SMARTS) is 1. The lowest BCUT2D eigenvalue weighted by molar-refractivity contribution is 0.0231. The Morgan fingerprint density at radius 3 is 2.67 bits per heavy atom. The van der Waals surface area contributed by atoms with Gasteiger partial charge in [-0.2, -0.15) is 0 Å². The van der Waals surface area contributed by atoms with E-state index in [1.54, 1.807) is 7.11 Å². The molecule has 1 aromatic heterocycles. The predicted octanol–water partition coefficient (Wildman–Crippen LogP) is 1.39. The van der Waals surface area contributed by atoms with Gasteiger partial charge >= 0.3 is 5.97 Å². The second-order valence-electron chi connectivity index (χ2n) is 3.77. The molecule has 0 radical (unpaired) electrons. The number of carboxylic acids is 1. The van der Waals surface area contributed by atoms with E-state index in [4.69, 9.17) is 15.6 Å². The Morgan fingerprint density at radius 2 is 2.27 bits per heavy atom. The van der Waals surface area contributed by atoms with Gasteiger partial charge in [-0.15, -0.1) is 11.3 Å². The molecule has 0 unspecified atom stereocenters. The van der Waals surface area contributed by atoms with E-state index < -0.39 is 5.97 Å². The van der Waals surface area contributed by atoms with E-state index in [0.29, 0.717) is 11.4 Å². The van der Waals surface area contributed by atoms with Gasteiger partial charge in [0, 0.05) is 13.5 Å². The van der Waals surface area contributed by atoms with Crippen LogP contribution in [0.5, 0.6) is 0 Å². The standard InChI is InChI=1S/C9H14N2O3S/c1-9(2,14-3)4-5-11-6(8(12)13)7(10)15-5/h4,10H2,1-3H3,(H,12,13). The van der Waals surface area contributed by atoms with E-state index in [2.05, 4.69) is 4.98 Å². The van der Waals surface area contributed by atoms with Crippen LogP contribution in [0.15, 0.2) is 0 Å². The van der Waals surface area contributed by atoms with Crippen molar-refractivity contribution in [2.75, 3.05) is 12.8 Å². The highest BCUT2D eigenvalue weighted by Gasteiger charge is 2.22. The second kappa shape index (κ2) is 4.16. The minimum Gasteiger partial charge on any atom is -0.476 e. The largest absolute Gasteiger partial charge is 0.476 e. The average molecular weight is 230 g/mol. The summed E-state index contributed by atoms with van der Waals surface area (Å²) in [6.45, 7) is 3.82. The topological polar surface area (TPSA) is 85.4 Å². The van der Waals surface area contributed by atoms with E-state index in [0.717, 1.165) is 0 Å². The van der Waals surface area contributed by atoms with E-state index in [9.17, 15) is 4.79 Å². The molecule has 15 heavy (non-hydrogen) atoms. The fraction of sp³-hybridized carbons (Fsp3) is 0.556. The first-order chi connectivity index (χ1) is 6.85. The van der Waals surface area contributed by atoms with Crippen LogP contribution in [0.4, 0.5) is 5.00 Å². The molecule has 0 aliphatic heterocycles. The summed E-state index contributed by atoms with van der Waals surface area (Å²) in [4.78, 5) is 14.7. The lowest BCUT2D eigenvalue weighted by Crippen LogP contribution is -2.25. The Bertz CT molecular complexity index is 373. The number of methoxy groups -OCH3 is 1. The maximum absolute atomic E-state index is 10.7. The highest BCUT2D eigenvalue weighted by Crippen LogP contribution is 2.25. The van der Waals surface area contributed by atoms with Crippen molar-refractivity contribution in [1.29, 1.82) is 0 Å². The number of hydrogen-bond donors (Lipinski definition) is 2. The number of nitrogen functional groups attached to an aromatic ring is 1. The molecule has 3 N–H and O–H groups in total. The monoisotopic (exact) mass is 230 g/mol. The zero-order chi connectivity index (χ0) is 11.6. The van der Waals surface area contributed by atoms with Crippen molar-refractivity contribution in [2.45, 2.75) is 25.9 Å². The maximum atomic E-state index is 10.7. The quantitative estimate of drug-likeness (QED) is 0.816. The summed E-state index contributed by atoms with van der Waals surface area (Å²) < 4.78 is 5.23. The third-order valence-corrected chi connectivity index (χ3v) is 2.91. The van der Waals surface area contributed by atoms with Crippen LogP contribution in [0.2, 0.25) is 0 Å². The molecule has 1 rings (SSSR count). The minimum atomic E-state index is -1.09. The highest BCUT2D eigenvalue weighted by atomic mass is 32.1. The van der Waals surface area contributed by atoms with Gasteiger partial charge in [0.2, 0.25) is 0 Å². The second-order valence-corrected chi connectivity index (χ2v) is 4.88. The van der Waals surface area contributed by atoms with Crippen molar-refractivity contribution < 1.29 is 14.6 Å². The van der Waals surface area contributed by atoms with Gasteiger partial charge in [-0.05, 0) is 13.8 Å². The molecule has 5 nitrogen and oxygen atoms in total. The van der Waals surface area contributed by atoms with Gasteiger partial charge in [-0.1, -0.05) is 0 Å². The summed E-state index contributed by atoms with van der Waals surface area (Å²) in [7, 11) is 1.61. The maximum Gasteiger partial charge on any atom is 0.357 e. The molecule has 1 aromatic rings. The van der Waals surface area contributed by atoms with Crippen LogP contribution in [0.1, 0.15) is 29.3 Å². The van der Waals surface area contributed by atoms with Crippen LogP contribution in [0.3, 0.4) is 0 Å². The number of nitrogens with zero attached hydrogens (tertiary/aromatic N) is 1. The van der Waals surface area contributed by atoms with Crippen LogP contribution < -0.4 is 5.73 Å². The summed E-state index contributed by atoms with van der Waals surface area (Å²) in [5, 5.41) is 9.69. The molecule has 0 bridgehead atoms. The fourth-order valence-electron chi connectivity index (χ4n) is 1.04. The first kappa shape index (κ1) is 11.9. The van der Waals surface area contributed by atoms with E-state index in [1.807, 2.05) is 13.8 Å². The summed E-state index contributed by atoms with van der Waals surface area (Å²) >= 11 is 1.19. The molecule has 84 valence electrons. The van der Waals surface area contributed by atoms with E-state index in [1.165, 1.54) is 11.3 Å². The number of hydrogen-bond acceptors (Lipinski definition) is 5. The summed E-state index contributed by atoms with van der Waals surface area (Å²) in [6, 6.07) is 0. The zero-order valence-electron chi connectivity index (χ0n) is 8.90. The summed E-state index contributed by atoms with van der Waals surface area (Å²) in [5.41, 5.74) is 5.11. The SMILES string of the molecule is COC(C)(C)Cc1nc(C(=O)O)c(N)s1. The van der Waals surface area contributed by atoms with Crippen LogP contribution in [0, 0.1) is 0 Å². The Kier molecular flexibility index (Phi) is 3.31. The predicted molar refractivity (Wildman–Crippen MR) is 58.3 cm³/mol. The first-order valence-electron chi connectivity index (χ1n) is 4.39. The third-order valence-electron chi connectivity index (χ3n) is 2.03. The van der Waals surface area contributed by atoms with Crippen molar-refractivity contribution in [3.63, 3.8) is 0 Å². The number of aromatic nitrogens is 1. The van der Waals surface area contributed by atoms with Crippen molar-refractivity contribution >= 4 is 22.3 Å². The number of nitrogens with two attached hydrogens (primary N) is 1. The minimum absolute atomic E-state index is 0.0677. The van der Waals surface area contributed by atoms with Gasteiger partial charge in [0.25, 0.3) is 0 Å². The number of ether oxygens (including phenoxy) is 1. The molecule has 0 spiro atoms. The van der Waals surface area contributed by atoms with Gasteiger partial charge in [0.1, 0.15) is 5.00 Å². The Balaban J connectivity index is 2.89. The van der Waals surface area contributed by atoms with Gasteiger partial charge in [-0.25, -0.2) is 9.78 Å². The molecule has 0 aromatic carbocycles. The molecule has 0 amide bonds. The summed E-state index contributed by atoms with van der Waals surface area (Å²) in [5.74, 6) is -1.09. The summed E-state index contributed by atoms with van der Waals surface area (Å²) in [6.07, 6.45) is 0.547. The molecule has 0 saturated heterocycles. The van der Waals surface area contributed by atoms with Crippen LogP contribution in [-0.2, 0) is 11.2 Å². The Labute approximate surface area is 91.9 Å². The van der Waals surface area contributed by atoms with Crippen molar-refractivity contribution in [3.05, 3.63) is 10.7 Å². The molecule has 0 saturated carbocycles. The van der Waals surface area contributed by atoms with Crippen LogP contribution in [-0.4, -0.2) is 28.8 Å². The highest BCUT2D eigenvalue weighted by molar-refractivity contribution is 7.15. The van der Waals surface area contributed by atoms with Crippen LogP contribution >= 0.6 is 11.3 Å². The molecular weight excluding hydrogens is 216 g/mol. The Morgan fingerprint density at radius 1 is 1.67 bits per heavy atom. The molecule has 1 heterocycles. The first-order valence-corrected chi connectivity index (χ1v) is 5.21. The number of aromatic carboxylic acids is 1. The van der Waals surface area contributed by atoms with Gasteiger partial charge < -0.3 is 15.6 Å². The smallest absolute Gasteiger partial charge is 0.357 e. The number of thiazole rings is 1. The number of rotatable bonds is 4. The lowest BCUT2D eigenvalue weighted by Gasteiger charge is -2.20. The van der Waals surface area contributed by atoms with Gasteiger partial charge in [0.05, 0.1) is 10.6 Å². The van der Waals surface area contributed by atoms with Crippen LogP contribution in [0.25, 0.3) is 0 Å². The number of carbonyl (C=O) groups is 1. The van der Waals surface area contributed by atoms with E-state index in [-0.39, 0.29) is 16.3 Å². The van der Waals surface area contributed by atoms with E-state index >= 15 is 0 Å². The molecule has 0 aliphatic rings. The third kappa shape index (κ3) is 2.90. The number of anilines is 1. The molecule has 6 heteroatoms.